The number of hydrogen-bond acceptors (Lipinski definition) is 1. The Morgan fingerprint density at radius 3 is 2.61 bits per heavy atom. The molecule has 0 N–H and O–H groups in total. The van der Waals surface area contributed by atoms with Gasteiger partial charge >= 0.3 is 0 Å². The molecule has 1 heterocycles. The van der Waals surface area contributed by atoms with E-state index >= 15 is 0 Å². The molecule has 1 aromatic heterocycles. The number of carbonyl (C=O) groups is 1. The predicted molar refractivity (Wildman–Crippen MR) is 94.3 cm³/mol. The van der Waals surface area contributed by atoms with Gasteiger partial charge in [-0.25, -0.2) is 0 Å². The number of aromatic nitrogens is 1. The summed E-state index contributed by atoms with van der Waals surface area (Å²) >= 11 is 0. The van der Waals surface area contributed by atoms with Gasteiger partial charge in [0, 0.05) is 23.2 Å². The molecule has 0 aliphatic heterocycles. The summed E-state index contributed by atoms with van der Waals surface area (Å²) in [5.74, 6) is 0.658. The summed E-state index contributed by atoms with van der Waals surface area (Å²) in [5, 5.41) is 1.32. The van der Waals surface area contributed by atoms with Gasteiger partial charge in [-0.15, -0.1) is 0 Å². The van der Waals surface area contributed by atoms with Crippen LogP contribution in [-0.2, 0) is 11.2 Å². The SMILES string of the molecule is CC(=O)CC1CCCc2c1c1ccccc1n2-c1ccccc1. The van der Waals surface area contributed by atoms with Crippen molar-refractivity contribution in [2.75, 3.05) is 0 Å². The Morgan fingerprint density at radius 2 is 1.83 bits per heavy atom. The van der Waals surface area contributed by atoms with E-state index in [1.165, 1.54) is 27.8 Å². The predicted octanol–water partition coefficient (Wildman–Crippen LogP) is 5.03. The lowest BCUT2D eigenvalue weighted by Gasteiger charge is -2.24. The van der Waals surface area contributed by atoms with Crippen LogP contribution >= 0.6 is 0 Å². The lowest BCUT2D eigenvalue weighted by molar-refractivity contribution is -0.117. The Morgan fingerprint density at radius 1 is 1.09 bits per heavy atom. The number of hydrogen-bond donors (Lipinski definition) is 0. The van der Waals surface area contributed by atoms with E-state index in [9.17, 15) is 4.79 Å². The summed E-state index contributed by atoms with van der Waals surface area (Å²) in [4.78, 5) is 11.7. The third kappa shape index (κ3) is 2.39. The lowest BCUT2D eigenvalue weighted by atomic mass is 9.82. The van der Waals surface area contributed by atoms with Crippen LogP contribution in [0.2, 0.25) is 0 Å². The third-order valence-electron chi connectivity index (χ3n) is 4.94. The maximum absolute atomic E-state index is 11.7. The largest absolute Gasteiger partial charge is 0.313 e. The molecular weight excluding hydrogens is 282 g/mol. The standard InChI is InChI=1S/C21H21NO/c1-15(23)14-16-8-7-13-20-21(16)18-11-5-6-12-19(18)22(20)17-9-3-2-4-10-17/h2-6,9-12,16H,7-8,13-14H2,1H3. The molecule has 2 aromatic carbocycles. The van der Waals surface area contributed by atoms with Crippen LogP contribution in [0.15, 0.2) is 54.6 Å². The molecule has 1 unspecified atom stereocenters. The minimum Gasteiger partial charge on any atom is -0.313 e. The molecule has 23 heavy (non-hydrogen) atoms. The van der Waals surface area contributed by atoms with E-state index < -0.39 is 0 Å². The van der Waals surface area contributed by atoms with Gasteiger partial charge in [0.15, 0.2) is 0 Å². The van der Waals surface area contributed by atoms with E-state index in [1.54, 1.807) is 6.92 Å². The van der Waals surface area contributed by atoms with Crippen LogP contribution in [0.25, 0.3) is 16.6 Å². The molecule has 3 aromatic rings. The quantitative estimate of drug-likeness (QED) is 0.665. The summed E-state index contributed by atoms with van der Waals surface area (Å²) in [5.41, 5.74) is 5.29. The van der Waals surface area contributed by atoms with Crippen molar-refractivity contribution in [1.82, 2.24) is 4.57 Å². The lowest BCUT2D eigenvalue weighted by Crippen LogP contribution is -2.14. The van der Waals surface area contributed by atoms with Gasteiger partial charge < -0.3 is 9.36 Å². The number of para-hydroxylation sites is 2. The molecule has 1 aliphatic carbocycles. The first-order chi connectivity index (χ1) is 11.3. The van der Waals surface area contributed by atoms with Crippen molar-refractivity contribution in [2.24, 2.45) is 0 Å². The maximum Gasteiger partial charge on any atom is 0.130 e. The number of carbonyl (C=O) groups excluding carboxylic acids is 1. The number of nitrogens with zero attached hydrogens (tertiary/aromatic N) is 1. The first kappa shape index (κ1) is 14.3. The summed E-state index contributed by atoms with van der Waals surface area (Å²) in [6, 6.07) is 19.2. The highest BCUT2D eigenvalue weighted by Crippen LogP contribution is 2.42. The smallest absolute Gasteiger partial charge is 0.130 e. The van der Waals surface area contributed by atoms with Crippen molar-refractivity contribution in [2.45, 2.75) is 38.5 Å². The minimum atomic E-state index is 0.291. The van der Waals surface area contributed by atoms with Crippen LogP contribution in [0.3, 0.4) is 0 Å². The molecule has 0 spiro atoms. The zero-order valence-corrected chi connectivity index (χ0v) is 13.5. The fourth-order valence-corrected chi connectivity index (χ4v) is 4.10. The number of rotatable bonds is 3. The molecule has 1 aliphatic rings. The van der Waals surface area contributed by atoms with Gasteiger partial charge in [-0.2, -0.15) is 0 Å². The molecule has 116 valence electrons. The monoisotopic (exact) mass is 303 g/mol. The zero-order chi connectivity index (χ0) is 15.8. The molecule has 2 heteroatoms. The van der Waals surface area contributed by atoms with E-state index in [2.05, 4.69) is 59.2 Å². The Bertz CT molecular complexity index is 860. The van der Waals surface area contributed by atoms with Crippen LogP contribution in [0.5, 0.6) is 0 Å². The van der Waals surface area contributed by atoms with E-state index in [4.69, 9.17) is 0 Å². The molecule has 0 fully saturated rings. The second-order valence-electron chi connectivity index (χ2n) is 6.54. The Hall–Kier alpha value is -2.35. The van der Waals surface area contributed by atoms with Gasteiger partial charge in [-0.05, 0) is 55.9 Å². The molecule has 0 bridgehead atoms. The van der Waals surface area contributed by atoms with Crippen molar-refractivity contribution in [1.29, 1.82) is 0 Å². The van der Waals surface area contributed by atoms with Gasteiger partial charge in [-0.3, -0.25) is 0 Å². The topological polar surface area (TPSA) is 22.0 Å². The van der Waals surface area contributed by atoms with Crippen LogP contribution in [0, 0.1) is 0 Å². The summed E-state index contributed by atoms with van der Waals surface area (Å²) in [6.07, 6.45) is 4.03. The molecule has 4 rings (SSSR count). The molecular formula is C21H21NO. The van der Waals surface area contributed by atoms with E-state index in [0.29, 0.717) is 18.1 Å². The summed E-state index contributed by atoms with van der Waals surface area (Å²) < 4.78 is 2.40. The van der Waals surface area contributed by atoms with Crippen molar-refractivity contribution >= 4 is 16.7 Å². The Labute approximate surface area is 136 Å². The Balaban J connectivity index is 2.00. The molecule has 0 saturated carbocycles. The zero-order valence-electron chi connectivity index (χ0n) is 13.5. The number of fused-ring (bicyclic) bond motifs is 3. The molecule has 1 atom stereocenters. The van der Waals surface area contributed by atoms with Crippen molar-refractivity contribution < 1.29 is 4.79 Å². The first-order valence-electron chi connectivity index (χ1n) is 8.43. The second-order valence-corrected chi connectivity index (χ2v) is 6.54. The minimum absolute atomic E-state index is 0.291. The van der Waals surface area contributed by atoms with Crippen LogP contribution in [0.4, 0.5) is 0 Å². The average Bonchev–Trinajstić information content (AvgIpc) is 2.90. The van der Waals surface area contributed by atoms with Gasteiger partial charge in [0.1, 0.15) is 5.78 Å². The molecule has 0 amide bonds. The highest BCUT2D eigenvalue weighted by atomic mass is 16.1. The average molecular weight is 303 g/mol. The van der Waals surface area contributed by atoms with Crippen LogP contribution in [-0.4, -0.2) is 10.4 Å². The van der Waals surface area contributed by atoms with E-state index in [1.807, 2.05) is 0 Å². The molecule has 0 radical (unpaired) electrons. The second kappa shape index (κ2) is 5.69. The van der Waals surface area contributed by atoms with Gasteiger partial charge in [0.25, 0.3) is 0 Å². The van der Waals surface area contributed by atoms with E-state index in [-0.39, 0.29) is 0 Å². The Kier molecular flexibility index (Phi) is 3.53. The van der Waals surface area contributed by atoms with Crippen LogP contribution in [0.1, 0.15) is 43.4 Å². The van der Waals surface area contributed by atoms with Gasteiger partial charge in [0.2, 0.25) is 0 Å². The van der Waals surface area contributed by atoms with Gasteiger partial charge in [-0.1, -0.05) is 36.4 Å². The fraction of sp³-hybridized carbons (Fsp3) is 0.286. The fourth-order valence-electron chi connectivity index (χ4n) is 4.10. The number of ketones is 1. The van der Waals surface area contributed by atoms with Gasteiger partial charge in [0.05, 0.1) is 5.52 Å². The summed E-state index contributed by atoms with van der Waals surface area (Å²) in [6.45, 7) is 1.71. The normalized spacial score (nSPS) is 17.2. The van der Waals surface area contributed by atoms with E-state index in [0.717, 1.165) is 19.3 Å². The highest BCUT2D eigenvalue weighted by molar-refractivity contribution is 5.89. The number of Topliss-reactive ketones (excluding diaryl/α,β-unsaturated/α-hetero) is 1. The first-order valence-corrected chi connectivity index (χ1v) is 8.43. The summed E-state index contributed by atoms with van der Waals surface area (Å²) in [7, 11) is 0. The van der Waals surface area contributed by atoms with Crippen molar-refractivity contribution in [3.63, 3.8) is 0 Å². The van der Waals surface area contributed by atoms with Crippen molar-refractivity contribution in [3.8, 4) is 5.69 Å². The van der Waals surface area contributed by atoms with Crippen LogP contribution < -0.4 is 0 Å². The highest BCUT2D eigenvalue weighted by Gasteiger charge is 2.28. The molecule has 0 saturated heterocycles. The number of benzene rings is 2. The van der Waals surface area contributed by atoms with Crippen molar-refractivity contribution in [3.05, 3.63) is 65.9 Å². The maximum atomic E-state index is 11.7. The third-order valence-corrected chi connectivity index (χ3v) is 4.94. The molecule has 2 nitrogen and oxygen atoms in total.